The molecular weight excluding hydrogens is 340 g/mol. The van der Waals surface area contributed by atoms with E-state index in [9.17, 15) is 9.59 Å². The summed E-state index contributed by atoms with van der Waals surface area (Å²) in [5, 5.41) is 1.49. The predicted octanol–water partition coefficient (Wildman–Crippen LogP) is 3.71. The summed E-state index contributed by atoms with van der Waals surface area (Å²) in [5.41, 5.74) is 7.96. The number of hydrazine groups is 1. The Bertz CT molecular complexity index is 945. The van der Waals surface area contributed by atoms with Crippen LogP contribution in [0.2, 0.25) is 5.02 Å². The number of hydrogen-bond acceptors (Lipinski definition) is 3. The fraction of sp³-hybridized carbons (Fsp3) is 0.158. The Kier molecular flexibility index (Phi) is 4.76. The van der Waals surface area contributed by atoms with Crippen molar-refractivity contribution in [2.75, 3.05) is 0 Å². The minimum absolute atomic E-state index is 0.135. The van der Waals surface area contributed by atoms with Crippen molar-refractivity contribution >= 4 is 34.4 Å². The van der Waals surface area contributed by atoms with Crippen molar-refractivity contribution in [3.05, 3.63) is 69.9 Å². The van der Waals surface area contributed by atoms with Crippen molar-refractivity contribution in [3.63, 3.8) is 0 Å². The highest BCUT2D eigenvalue weighted by Gasteiger charge is 2.18. The smallest absolute Gasteiger partial charge is 0.305 e. The quantitative estimate of drug-likeness (QED) is 0.703. The number of nitrogens with one attached hydrogen (secondary N) is 2. The number of carbonyl (C=O) groups excluding carboxylic acids is 2. The highest BCUT2D eigenvalue weighted by Crippen LogP contribution is 2.27. The van der Waals surface area contributed by atoms with Crippen molar-refractivity contribution in [2.45, 2.75) is 20.3 Å². The van der Waals surface area contributed by atoms with Gasteiger partial charge in [0.15, 0.2) is 5.76 Å². The molecule has 0 aliphatic rings. The van der Waals surface area contributed by atoms with E-state index in [0.29, 0.717) is 10.6 Å². The van der Waals surface area contributed by atoms with Gasteiger partial charge >= 0.3 is 5.91 Å². The first-order valence-corrected chi connectivity index (χ1v) is 8.16. The van der Waals surface area contributed by atoms with Gasteiger partial charge in [0.05, 0.1) is 6.42 Å². The van der Waals surface area contributed by atoms with Gasteiger partial charge in [-0.05, 0) is 37.1 Å². The van der Waals surface area contributed by atoms with E-state index in [1.54, 1.807) is 24.3 Å². The summed E-state index contributed by atoms with van der Waals surface area (Å²) < 4.78 is 5.68. The summed E-state index contributed by atoms with van der Waals surface area (Å²) in [6.45, 7) is 3.73. The Balaban J connectivity index is 1.66. The normalized spacial score (nSPS) is 10.7. The molecule has 2 amide bonds. The Labute approximate surface area is 149 Å². The number of fused-ring (bicyclic) bond motifs is 1. The number of furan rings is 1. The van der Waals surface area contributed by atoms with E-state index in [0.717, 1.165) is 22.1 Å². The van der Waals surface area contributed by atoms with E-state index < -0.39 is 5.91 Å². The van der Waals surface area contributed by atoms with Crippen molar-refractivity contribution in [1.82, 2.24) is 10.9 Å². The molecule has 0 spiro atoms. The molecule has 1 aromatic heterocycles. The first-order chi connectivity index (χ1) is 12.0. The number of halogens is 1. The van der Waals surface area contributed by atoms with Gasteiger partial charge in [-0.25, -0.2) is 0 Å². The lowest BCUT2D eigenvalue weighted by Crippen LogP contribution is -2.42. The number of carbonyl (C=O) groups is 2. The fourth-order valence-corrected chi connectivity index (χ4v) is 2.74. The topological polar surface area (TPSA) is 71.3 Å². The summed E-state index contributed by atoms with van der Waals surface area (Å²) in [6, 6.07) is 12.7. The van der Waals surface area contributed by atoms with Crippen LogP contribution in [0.3, 0.4) is 0 Å². The second kappa shape index (κ2) is 6.99. The molecule has 0 saturated carbocycles. The zero-order valence-corrected chi connectivity index (χ0v) is 14.6. The van der Waals surface area contributed by atoms with Crippen molar-refractivity contribution < 1.29 is 14.0 Å². The largest absolute Gasteiger partial charge is 0.450 e. The molecule has 0 atom stereocenters. The summed E-state index contributed by atoms with van der Waals surface area (Å²) in [5.74, 6) is -0.630. The van der Waals surface area contributed by atoms with Crippen molar-refractivity contribution in [2.24, 2.45) is 0 Å². The predicted molar refractivity (Wildman–Crippen MR) is 96.5 cm³/mol. The number of amides is 2. The molecule has 5 nitrogen and oxygen atoms in total. The van der Waals surface area contributed by atoms with Gasteiger partial charge in [-0.2, -0.15) is 0 Å². The first kappa shape index (κ1) is 17.0. The van der Waals surface area contributed by atoms with E-state index in [4.69, 9.17) is 16.0 Å². The minimum Gasteiger partial charge on any atom is -0.450 e. The third-order valence-electron chi connectivity index (χ3n) is 3.96. The SMILES string of the molecule is Cc1c(C(=O)NNC(=O)Cc2ccc(Cl)cc2)oc2c(C)cccc12. The van der Waals surface area contributed by atoms with E-state index in [-0.39, 0.29) is 18.1 Å². The van der Waals surface area contributed by atoms with E-state index in [1.807, 2.05) is 32.0 Å². The van der Waals surface area contributed by atoms with Gasteiger partial charge in [0.2, 0.25) is 5.91 Å². The lowest BCUT2D eigenvalue weighted by molar-refractivity contribution is -0.121. The van der Waals surface area contributed by atoms with Gasteiger partial charge in [0.1, 0.15) is 5.58 Å². The molecule has 2 N–H and O–H groups in total. The average molecular weight is 357 g/mol. The lowest BCUT2D eigenvalue weighted by atomic mass is 10.1. The molecule has 0 radical (unpaired) electrons. The number of hydrogen-bond donors (Lipinski definition) is 2. The van der Waals surface area contributed by atoms with Gasteiger partial charge in [0.25, 0.3) is 0 Å². The standard InChI is InChI=1S/C19H17ClN2O3/c1-11-4-3-5-15-12(2)18(25-17(11)15)19(24)22-21-16(23)10-13-6-8-14(20)9-7-13/h3-9H,10H2,1-2H3,(H,21,23)(H,22,24). The maximum Gasteiger partial charge on any atom is 0.305 e. The molecule has 0 unspecified atom stereocenters. The average Bonchev–Trinajstić information content (AvgIpc) is 2.93. The van der Waals surface area contributed by atoms with Crippen LogP contribution in [0.15, 0.2) is 46.9 Å². The van der Waals surface area contributed by atoms with Crippen LogP contribution < -0.4 is 10.9 Å². The summed E-state index contributed by atoms with van der Waals surface area (Å²) >= 11 is 5.81. The third-order valence-corrected chi connectivity index (χ3v) is 4.21. The molecule has 6 heteroatoms. The van der Waals surface area contributed by atoms with Crippen LogP contribution in [0.25, 0.3) is 11.0 Å². The molecule has 3 rings (SSSR count). The molecule has 128 valence electrons. The molecular formula is C19H17ClN2O3. The molecule has 0 aliphatic heterocycles. The monoisotopic (exact) mass is 356 g/mol. The van der Waals surface area contributed by atoms with Gasteiger partial charge in [0, 0.05) is 16.0 Å². The van der Waals surface area contributed by atoms with Crippen LogP contribution in [-0.2, 0) is 11.2 Å². The second-order valence-corrected chi connectivity index (χ2v) is 6.25. The number of aryl methyl sites for hydroxylation is 2. The fourth-order valence-electron chi connectivity index (χ4n) is 2.62. The Hall–Kier alpha value is -2.79. The van der Waals surface area contributed by atoms with E-state index in [1.165, 1.54) is 0 Å². The third kappa shape index (κ3) is 3.67. The first-order valence-electron chi connectivity index (χ1n) is 7.78. The maximum atomic E-state index is 12.3. The second-order valence-electron chi connectivity index (χ2n) is 5.81. The Morgan fingerprint density at radius 3 is 2.44 bits per heavy atom. The van der Waals surface area contributed by atoms with Crippen LogP contribution in [0.4, 0.5) is 0 Å². The number of para-hydroxylation sites is 1. The van der Waals surface area contributed by atoms with Crippen molar-refractivity contribution in [1.29, 1.82) is 0 Å². The number of rotatable bonds is 3. The molecule has 0 fully saturated rings. The zero-order chi connectivity index (χ0) is 18.0. The molecule has 0 saturated heterocycles. The zero-order valence-electron chi connectivity index (χ0n) is 13.9. The van der Waals surface area contributed by atoms with Crippen LogP contribution in [0, 0.1) is 13.8 Å². The highest BCUT2D eigenvalue weighted by molar-refractivity contribution is 6.30. The summed E-state index contributed by atoms with van der Waals surface area (Å²) in [7, 11) is 0. The molecule has 1 heterocycles. The van der Waals surface area contributed by atoms with Gasteiger partial charge in [-0.1, -0.05) is 41.9 Å². The Morgan fingerprint density at radius 2 is 1.76 bits per heavy atom. The molecule has 25 heavy (non-hydrogen) atoms. The lowest BCUT2D eigenvalue weighted by Gasteiger charge is -2.06. The van der Waals surface area contributed by atoms with E-state index >= 15 is 0 Å². The maximum absolute atomic E-state index is 12.3. The van der Waals surface area contributed by atoms with Crippen LogP contribution in [0.1, 0.15) is 27.2 Å². The number of benzene rings is 2. The highest BCUT2D eigenvalue weighted by atomic mass is 35.5. The molecule has 0 aliphatic carbocycles. The van der Waals surface area contributed by atoms with Crippen LogP contribution in [0.5, 0.6) is 0 Å². The van der Waals surface area contributed by atoms with E-state index in [2.05, 4.69) is 10.9 Å². The van der Waals surface area contributed by atoms with Crippen LogP contribution >= 0.6 is 11.6 Å². The summed E-state index contributed by atoms with van der Waals surface area (Å²) in [6.07, 6.45) is 0.135. The molecule has 3 aromatic rings. The van der Waals surface area contributed by atoms with Gasteiger partial charge in [-0.3, -0.25) is 20.4 Å². The van der Waals surface area contributed by atoms with Gasteiger partial charge < -0.3 is 4.42 Å². The molecule has 0 bridgehead atoms. The molecule has 2 aromatic carbocycles. The van der Waals surface area contributed by atoms with Crippen LogP contribution in [-0.4, -0.2) is 11.8 Å². The van der Waals surface area contributed by atoms with Crippen molar-refractivity contribution in [3.8, 4) is 0 Å². The van der Waals surface area contributed by atoms with Gasteiger partial charge in [-0.15, -0.1) is 0 Å². The minimum atomic E-state index is -0.488. The summed E-state index contributed by atoms with van der Waals surface area (Å²) in [4.78, 5) is 24.3. The Morgan fingerprint density at radius 1 is 1.04 bits per heavy atom.